The zero-order valence-corrected chi connectivity index (χ0v) is 24.2. The summed E-state index contributed by atoms with van der Waals surface area (Å²) in [6.45, 7) is 15.7. The minimum atomic E-state index is -1.62. The molecule has 0 fully saturated rings. The van der Waals surface area contributed by atoms with E-state index in [0.717, 1.165) is 24.3 Å². The number of benzene rings is 5. The van der Waals surface area contributed by atoms with Crippen LogP contribution in [-0.2, 0) is 12.8 Å². The zero-order chi connectivity index (χ0) is 34.0. The second-order valence-electron chi connectivity index (χ2n) is 11.2. The van der Waals surface area contributed by atoms with Crippen molar-refractivity contribution in [3.8, 4) is 56.6 Å². The van der Waals surface area contributed by atoms with Gasteiger partial charge in [-0.05, 0) is 116 Å². The third-order valence-electron chi connectivity index (χ3n) is 8.74. The molecule has 0 unspecified atom stereocenters. The maximum Gasteiger partial charge on any atom is 0.269 e. The molecule has 5 aromatic rings. The SMILES string of the molecule is [C-]#[N+]/C(C#N)=c1/c2c(/c(=C(\C#N)[N+]#[C-])c3c1-c1cc(-c4cc(F)c(F)c(F)c4)ccc1C3)-c1cc(-c3cc(F)c(F)c(F)c3)ccc1C2. The van der Waals surface area contributed by atoms with Gasteiger partial charge in [-0.15, -0.1) is 0 Å². The summed E-state index contributed by atoms with van der Waals surface area (Å²) >= 11 is 0. The fourth-order valence-corrected chi connectivity index (χ4v) is 6.71. The van der Waals surface area contributed by atoms with Crippen LogP contribution in [0.1, 0.15) is 22.3 Å². The van der Waals surface area contributed by atoms with Crippen LogP contribution in [0.3, 0.4) is 0 Å². The van der Waals surface area contributed by atoms with E-state index in [1.54, 1.807) is 36.4 Å². The van der Waals surface area contributed by atoms with Gasteiger partial charge in [0, 0.05) is 10.4 Å². The van der Waals surface area contributed by atoms with Crippen molar-refractivity contribution in [3.05, 3.63) is 151 Å². The first kappa shape index (κ1) is 30.1. The van der Waals surface area contributed by atoms with Crippen molar-refractivity contribution in [1.29, 1.82) is 10.5 Å². The van der Waals surface area contributed by atoms with Crippen molar-refractivity contribution in [2.45, 2.75) is 12.8 Å². The van der Waals surface area contributed by atoms with Crippen molar-refractivity contribution in [3.63, 3.8) is 0 Å². The van der Waals surface area contributed by atoms with Crippen molar-refractivity contribution in [2.75, 3.05) is 0 Å². The van der Waals surface area contributed by atoms with E-state index in [2.05, 4.69) is 9.69 Å². The number of fused-ring (bicyclic) bond motifs is 6. The minimum Gasteiger partial charge on any atom is -0.226 e. The molecule has 0 amide bonds. The second kappa shape index (κ2) is 11.0. The summed E-state index contributed by atoms with van der Waals surface area (Å²) in [5, 5.41) is 20.8. The quantitative estimate of drug-likeness (QED) is 0.109. The zero-order valence-electron chi connectivity index (χ0n) is 24.2. The monoisotopic (exact) mass is 640 g/mol. The summed E-state index contributed by atoms with van der Waals surface area (Å²) < 4.78 is 84.3. The van der Waals surface area contributed by atoms with Crippen LogP contribution < -0.4 is 10.4 Å². The summed E-state index contributed by atoms with van der Waals surface area (Å²) in [6.07, 6.45) is 0.320. The van der Waals surface area contributed by atoms with Gasteiger partial charge in [0.1, 0.15) is 0 Å². The van der Waals surface area contributed by atoms with E-state index in [-0.39, 0.29) is 45.8 Å². The van der Waals surface area contributed by atoms with Gasteiger partial charge >= 0.3 is 0 Å². The molecule has 228 valence electrons. The molecule has 0 bridgehead atoms. The summed E-state index contributed by atoms with van der Waals surface area (Å²) in [5.41, 5.74) is 4.26. The Kier molecular flexibility index (Phi) is 6.90. The van der Waals surface area contributed by atoms with Crippen LogP contribution in [0.25, 0.3) is 65.6 Å². The van der Waals surface area contributed by atoms with Crippen molar-refractivity contribution >= 4 is 11.4 Å². The highest BCUT2D eigenvalue weighted by atomic mass is 19.2. The van der Waals surface area contributed by atoms with Gasteiger partial charge in [0.2, 0.25) is 0 Å². The first-order valence-corrected chi connectivity index (χ1v) is 14.2. The molecular formula is C38H14F6N4. The maximum atomic E-state index is 14.2. The van der Waals surface area contributed by atoms with Crippen LogP contribution in [0.15, 0.2) is 60.7 Å². The molecule has 2 aliphatic carbocycles. The Morgan fingerprint density at radius 3 is 1.21 bits per heavy atom. The lowest BCUT2D eigenvalue weighted by Gasteiger charge is -2.14. The van der Waals surface area contributed by atoms with Gasteiger partial charge in [0.15, 0.2) is 34.9 Å². The van der Waals surface area contributed by atoms with Crippen molar-refractivity contribution in [1.82, 2.24) is 0 Å². The molecular weight excluding hydrogens is 626 g/mol. The van der Waals surface area contributed by atoms with Crippen molar-refractivity contribution in [2.24, 2.45) is 0 Å². The molecule has 7 rings (SSSR count). The normalized spacial score (nSPS) is 13.2. The highest BCUT2D eigenvalue weighted by Gasteiger charge is 2.32. The Bertz CT molecular complexity index is 2370. The standard InChI is InChI=1S/C38H14F6N4/c1-47-31(15-45)35-25-9-19-5-3-18(22-13-29(41)38(44)30(42)14-22)8-24(19)34(25)36(32(16-46)48-2)26-10-20-6-4-17(7-23(20)33(26)35)21-11-27(39)37(43)28(40)12-21/h3-8,11-14H,9-10H2/b35-31-,36-32+. The van der Waals surface area contributed by atoms with E-state index in [1.807, 2.05) is 12.1 Å². The second-order valence-corrected chi connectivity index (χ2v) is 11.2. The Morgan fingerprint density at radius 2 is 0.896 bits per heavy atom. The lowest BCUT2D eigenvalue weighted by atomic mass is 9.89. The average molecular weight is 641 g/mol. The highest BCUT2D eigenvalue weighted by molar-refractivity contribution is 5.94. The van der Waals surface area contributed by atoms with E-state index in [4.69, 9.17) is 13.1 Å². The molecule has 0 saturated heterocycles. The van der Waals surface area contributed by atoms with Gasteiger partial charge in [-0.3, -0.25) is 0 Å². The predicted octanol–water partition coefficient (Wildman–Crippen LogP) is 8.10. The molecule has 0 saturated carbocycles. The Hall–Kier alpha value is -6.62. The van der Waals surface area contributed by atoms with Gasteiger partial charge in [-0.2, -0.15) is 0 Å². The molecule has 2 aliphatic rings. The van der Waals surface area contributed by atoms with Gasteiger partial charge in [-0.25, -0.2) is 46.6 Å². The average Bonchev–Trinajstić information content (AvgIpc) is 3.65. The van der Waals surface area contributed by atoms with E-state index < -0.39 is 34.9 Å². The van der Waals surface area contributed by atoms with Gasteiger partial charge < -0.3 is 0 Å². The number of nitrogens with zero attached hydrogens (tertiary/aromatic N) is 4. The first-order chi connectivity index (χ1) is 23.1. The lowest BCUT2D eigenvalue weighted by Crippen LogP contribution is -2.25. The molecule has 0 heterocycles. The van der Waals surface area contributed by atoms with Gasteiger partial charge in [-0.1, -0.05) is 24.3 Å². The van der Waals surface area contributed by atoms with E-state index >= 15 is 0 Å². The highest BCUT2D eigenvalue weighted by Crippen LogP contribution is 2.43. The molecule has 0 spiro atoms. The number of hydrogen-bond acceptors (Lipinski definition) is 2. The van der Waals surface area contributed by atoms with Gasteiger partial charge in [0.05, 0.1) is 25.3 Å². The van der Waals surface area contributed by atoms with Crippen LogP contribution in [-0.4, -0.2) is 0 Å². The van der Waals surface area contributed by atoms with Gasteiger partial charge in [0.25, 0.3) is 11.4 Å². The molecule has 0 aliphatic heterocycles. The van der Waals surface area contributed by atoms with Crippen molar-refractivity contribution < 1.29 is 26.3 Å². The Labute approximate surface area is 268 Å². The predicted molar refractivity (Wildman–Crippen MR) is 164 cm³/mol. The Balaban J connectivity index is 1.58. The van der Waals surface area contributed by atoms with E-state index in [1.165, 1.54) is 0 Å². The molecule has 0 N–H and O–H groups in total. The molecule has 0 radical (unpaired) electrons. The molecule has 48 heavy (non-hydrogen) atoms. The molecule has 0 atom stereocenters. The van der Waals surface area contributed by atoms with Crippen LogP contribution in [0.2, 0.25) is 0 Å². The van der Waals surface area contributed by atoms with Crippen LogP contribution >= 0.6 is 0 Å². The number of nitriles is 2. The number of halogens is 6. The number of hydrogen-bond donors (Lipinski definition) is 0. The molecule has 10 heteroatoms. The largest absolute Gasteiger partial charge is 0.269 e. The molecule has 5 aromatic carbocycles. The summed E-state index contributed by atoms with van der Waals surface area (Å²) in [5.74, 6) is -8.76. The number of rotatable bonds is 2. The topological polar surface area (TPSA) is 56.3 Å². The van der Waals surface area contributed by atoms with E-state index in [0.29, 0.717) is 55.6 Å². The van der Waals surface area contributed by atoms with Crippen LogP contribution in [0, 0.1) is 70.7 Å². The minimum absolute atomic E-state index is 0.0410. The van der Waals surface area contributed by atoms with Crippen LogP contribution in [0.4, 0.5) is 26.3 Å². The fourth-order valence-electron chi connectivity index (χ4n) is 6.71. The Morgan fingerprint density at radius 1 is 0.542 bits per heavy atom. The molecule has 4 nitrogen and oxygen atoms in total. The summed E-state index contributed by atoms with van der Waals surface area (Å²) in [4.78, 5) is 7.00. The van der Waals surface area contributed by atoms with E-state index in [9.17, 15) is 36.9 Å². The molecule has 0 aromatic heterocycles. The first-order valence-electron chi connectivity index (χ1n) is 14.2. The summed E-state index contributed by atoms with van der Waals surface area (Å²) in [6, 6.07) is 17.1. The summed E-state index contributed by atoms with van der Waals surface area (Å²) in [7, 11) is 0. The smallest absolute Gasteiger partial charge is 0.226 e. The lowest BCUT2D eigenvalue weighted by molar-refractivity contribution is 0.447. The third-order valence-corrected chi connectivity index (χ3v) is 8.74. The maximum absolute atomic E-state index is 14.2. The third kappa shape index (κ3) is 4.36. The van der Waals surface area contributed by atoms with Crippen LogP contribution in [0.5, 0.6) is 0 Å². The fraction of sp³-hybridized carbons (Fsp3) is 0.0526.